The van der Waals surface area contributed by atoms with Gasteiger partial charge in [-0.3, -0.25) is 4.79 Å². The molecule has 7 heteroatoms. The summed E-state index contributed by atoms with van der Waals surface area (Å²) in [4.78, 5) is 22.8. The summed E-state index contributed by atoms with van der Waals surface area (Å²) in [5.41, 5.74) is -0.405. The third-order valence-electron chi connectivity index (χ3n) is 5.03. The summed E-state index contributed by atoms with van der Waals surface area (Å²) in [6.45, 7) is 5.48. The molecule has 7 nitrogen and oxygen atoms in total. The Morgan fingerprint density at radius 1 is 1.29 bits per heavy atom. The van der Waals surface area contributed by atoms with E-state index >= 15 is 0 Å². The van der Waals surface area contributed by atoms with E-state index in [2.05, 4.69) is 15.3 Å². The number of nitrogens with zero attached hydrogens (tertiary/aromatic N) is 3. The Morgan fingerprint density at radius 2 is 2.00 bits per heavy atom. The van der Waals surface area contributed by atoms with Gasteiger partial charge in [0, 0.05) is 25.2 Å². The molecule has 1 aliphatic heterocycles. The molecule has 1 aromatic heterocycles. The van der Waals surface area contributed by atoms with Gasteiger partial charge in [-0.05, 0) is 32.3 Å². The summed E-state index contributed by atoms with van der Waals surface area (Å²) in [5.74, 6) is 1.26. The van der Waals surface area contributed by atoms with Crippen molar-refractivity contribution in [2.24, 2.45) is 0 Å². The lowest BCUT2D eigenvalue weighted by Gasteiger charge is -2.34. The number of aromatic nitrogens is 2. The Balaban J connectivity index is 1.51. The van der Waals surface area contributed by atoms with Crippen molar-refractivity contribution < 1.29 is 14.6 Å². The Bertz CT molecular complexity index is 774. The fraction of sp³-hybridized carbons (Fsp3) is 0.476. The Morgan fingerprint density at radius 3 is 2.68 bits per heavy atom. The first kappa shape index (κ1) is 20.1. The van der Waals surface area contributed by atoms with Gasteiger partial charge in [-0.15, -0.1) is 0 Å². The number of amides is 1. The van der Waals surface area contributed by atoms with Crippen molar-refractivity contribution in [1.82, 2.24) is 14.9 Å². The van der Waals surface area contributed by atoms with Crippen LogP contribution in [0.2, 0.25) is 0 Å². The molecule has 2 heterocycles. The van der Waals surface area contributed by atoms with Crippen molar-refractivity contribution in [2.45, 2.75) is 44.8 Å². The number of benzene rings is 1. The lowest BCUT2D eigenvalue weighted by molar-refractivity contribution is -0.137. The van der Waals surface area contributed by atoms with E-state index in [1.807, 2.05) is 42.2 Å². The molecule has 3 rings (SSSR count). The molecule has 1 amide bonds. The van der Waals surface area contributed by atoms with Crippen molar-refractivity contribution in [1.29, 1.82) is 0 Å². The minimum atomic E-state index is -1.16. The van der Waals surface area contributed by atoms with E-state index in [-0.39, 0.29) is 18.4 Å². The number of anilines is 1. The number of aliphatic hydroxyl groups is 1. The lowest BCUT2D eigenvalue weighted by Crippen LogP contribution is -2.44. The highest BCUT2D eigenvalue weighted by Gasteiger charge is 2.30. The molecule has 1 aromatic carbocycles. The van der Waals surface area contributed by atoms with Gasteiger partial charge in [0.05, 0.1) is 18.6 Å². The van der Waals surface area contributed by atoms with Crippen molar-refractivity contribution in [3.05, 3.63) is 48.3 Å². The maximum absolute atomic E-state index is 12.7. The van der Waals surface area contributed by atoms with Crippen LogP contribution in [0.25, 0.3) is 0 Å². The number of carbonyl (C=O) groups is 1. The number of likely N-dealkylation sites (tertiary alicyclic amines) is 1. The molecular weight excluding hydrogens is 356 g/mol. The van der Waals surface area contributed by atoms with Crippen LogP contribution in [0.1, 0.15) is 38.7 Å². The second kappa shape index (κ2) is 9.01. The zero-order valence-electron chi connectivity index (χ0n) is 16.5. The fourth-order valence-electron chi connectivity index (χ4n) is 3.43. The first-order chi connectivity index (χ1) is 13.5. The zero-order valence-corrected chi connectivity index (χ0v) is 16.5. The highest BCUT2D eigenvalue weighted by Crippen LogP contribution is 2.26. The summed E-state index contributed by atoms with van der Waals surface area (Å²) in [7, 11) is 0. The molecule has 2 N–H and O–H groups in total. The molecule has 150 valence electrons. The Labute approximate surface area is 165 Å². The predicted molar refractivity (Wildman–Crippen MR) is 107 cm³/mol. The molecule has 0 bridgehead atoms. The number of hydrogen-bond acceptors (Lipinski definition) is 6. The van der Waals surface area contributed by atoms with Crippen LogP contribution in [-0.2, 0) is 10.4 Å². The predicted octanol–water partition coefficient (Wildman–Crippen LogP) is 2.58. The molecule has 28 heavy (non-hydrogen) atoms. The zero-order chi connectivity index (χ0) is 20.0. The maximum Gasteiger partial charge on any atom is 0.225 e. The Hall–Kier alpha value is -2.67. The number of carbonyl (C=O) groups excluding carboxylic acids is 1. The number of hydrogen-bond donors (Lipinski definition) is 2. The third-order valence-corrected chi connectivity index (χ3v) is 5.03. The van der Waals surface area contributed by atoms with Gasteiger partial charge in [0.1, 0.15) is 12.1 Å². The molecular formula is C21H28N4O3. The minimum Gasteiger partial charge on any atom is -0.478 e. The van der Waals surface area contributed by atoms with E-state index in [0.29, 0.717) is 25.6 Å². The van der Waals surface area contributed by atoms with Gasteiger partial charge < -0.3 is 20.1 Å². The van der Waals surface area contributed by atoms with Gasteiger partial charge in [0.25, 0.3) is 0 Å². The summed E-state index contributed by atoms with van der Waals surface area (Å²) >= 11 is 0. The summed E-state index contributed by atoms with van der Waals surface area (Å²) in [5, 5.41) is 14.1. The van der Waals surface area contributed by atoms with Gasteiger partial charge in [0.2, 0.25) is 11.8 Å². The summed E-state index contributed by atoms with van der Waals surface area (Å²) in [6.07, 6.45) is 3.22. The van der Waals surface area contributed by atoms with Gasteiger partial charge in [-0.2, -0.15) is 0 Å². The smallest absolute Gasteiger partial charge is 0.225 e. The molecule has 1 fully saturated rings. The third kappa shape index (κ3) is 5.19. The minimum absolute atomic E-state index is 0.0204. The SMILES string of the molecule is CCOc1cc(NC2CCN(C(=O)CC(C)(O)c3ccccc3)CC2)ncn1. The normalized spacial score (nSPS) is 17.0. The van der Waals surface area contributed by atoms with Crippen LogP contribution in [0.3, 0.4) is 0 Å². The Kier molecular flexibility index (Phi) is 6.46. The van der Waals surface area contributed by atoms with Crippen LogP contribution in [0.15, 0.2) is 42.7 Å². The maximum atomic E-state index is 12.7. The highest BCUT2D eigenvalue weighted by atomic mass is 16.5. The van der Waals surface area contributed by atoms with Crippen molar-refractivity contribution in [2.75, 3.05) is 25.0 Å². The number of nitrogens with one attached hydrogen (secondary N) is 1. The van der Waals surface area contributed by atoms with Gasteiger partial charge in [-0.25, -0.2) is 9.97 Å². The number of piperidine rings is 1. The average Bonchev–Trinajstić information content (AvgIpc) is 2.69. The second-order valence-corrected chi connectivity index (χ2v) is 7.29. The van der Waals surface area contributed by atoms with E-state index in [1.165, 1.54) is 6.33 Å². The average molecular weight is 384 g/mol. The van der Waals surface area contributed by atoms with Crippen LogP contribution in [0.5, 0.6) is 5.88 Å². The largest absolute Gasteiger partial charge is 0.478 e. The standard InChI is InChI=1S/C21H28N4O3/c1-3-28-19-13-18(22-15-23-19)24-17-9-11-25(12-10-17)20(26)14-21(2,27)16-7-5-4-6-8-16/h4-8,13,15,17,27H,3,9-12,14H2,1-2H3,(H,22,23,24). The van der Waals surface area contributed by atoms with Crippen molar-refractivity contribution in [3.63, 3.8) is 0 Å². The van der Waals surface area contributed by atoms with Gasteiger partial charge in [-0.1, -0.05) is 30.3 Å². The first-order valence-electron chi connectivity index (χ1n) is 9.75. The van der Waals surface area contributed by atoms with Gasteiger partial charge >= 0.3 is 0 Å². The molecule has 1 aliphatic rings. The van der Waals surface area contributed by atoms with Crippen LogP contribution >= 0.6 is 0 Å². The molecule has 2 aromatic rings. The molecule has 0 saturated carbocycles. The number of rotatable bonds is 7. The van der Waals surface area contributed by atoms with Crippen LogP contribution in [0, 0.1) is 0 Å². The monoisotopic (exact) mass is 384 g/mol. The van der Waals surface area contributed by atoms with Crippen molar-refractivity contribution >= 4 is 11.7 Å². The quantitative estimate of drug-likeness (QED) is 0.763. The molecule has 0 radical (unpaired) electrons. The van der Waals surface area contributed by atoms with Crippen molar-refractivity contribution in [3.8, 4) is 5.88 Å². The van der Waals surface area contributed by atoms with E-state index < -0.39 is 5.60 Å². The molecule has 1 atom stereocenters. The van der Waals surface area contributed by atoms with Crippen LogP contribution < -0.4 is 10.1 Å². The van der Waals surface area contributed by atoms with E-state index in [0.717, 1.165) is 24.2 Å². The van der Waals surface area contributed by atoms with Crippen LogP contribution in [-0.4, -0.2) is 51.6 Å². The molecule has 1 saturated heterocycles. The molecule has 0 aliphatic carbocycles. The summed E-state index contributed by atoms with van der Waals surface area (Å²) < 4.78 is 5.40. The molecule has 0 spiro atoms. The van der Waals surface area contributed by atoms with E-state index in [9.17, 15) is 9.90 Å². The first-order valence-corrected chi connectivity index (χ1v) is 9.75. The lowest BCUT2D eigenvalue weighted by atomic mass is 9.91. The topological polar surface area (TPSA) is 87.6 Å². The second-order valence-electron chi connectivity index (χ2n) is 7.29. The fourth-order valence-corrected chi connectivity index (χ4v) is 3.43. The number of ether oxygens (including phenoxy) is 1. The van der Waals surface area contributed by atoms with E-state index in [4.69, 9.17) is 4.74 Å². The van der Waals surface area contributed by atoms with Gasteiger partial charge in [0.15, 0.2) is 0 Å². The van der Waals surface area contributed by atoms with E-state index in [1.54, 1.807) is 13.0 Å². The van der Waals surface area contributed by atoms with Crippen LogP contribution in [0.4, 0.5) is 5.82 Å². The summed E-state index contributed by atoms with van der Waals surface area (Å²) in [6, 6.07) is 11.4. The molecule has 1 unspecified atom stereocenters. The highest BCUT2D eigenvalue weighted by molar-refractivity contribution is 5.77.